The molecule has 0 aliphatic rings. The van der Waals surface area contributed by atoms with E-state index in [1.54, 1.807) is 7.05 Å². The minimum Gasteiger partial charge on any atom is -0.352 e. The van der Waals surface area contributed by atoms with Crippen molar-refractivity contribution in [2.24, 2.45) is 4.99 Å². The molecule has 0 saturated carbocycles. The lowest BCUT2D eigenvalue weighted by molar-refractivity contribution is 0.688. The van der Waals surface area contributed by atoms with E-state index in [0.29, 0.717) is 13.1 Å². The van der Waals surface area contributed by atoms with Gasteiger partial charge in [-0.15, -0.1) is 0 Å². The third-order valence-corrected chi connectivity index (χ3v) is 4.26. The summed E-state index contributed by atoms with van der Waals surface area (Å²) in [7, 11) is 1.76. The van der Waals surface area contributed by atoms with Crippen LogP contribution in [0.25, 0.3) is 0 Å². The number of nitrogens with zero attached hydrogens (tertiary/aromatic N) is 3. The van der Waals surface area contributed by atoms with E-state index in [0.717, 1.165) is 28.9 Å². The van der Waals surface area contributed by atoms with Crippen LogP contribution in [0.2, 0.25) is 5.02 Å². The Bertz CT molecular complexity index is 840. The van der Waals surface area contributed by atoms with Crippen LogP contribution in [0, 0.1) is 0 Å². The van der Waals surface area contributed by atoms with Crippen LogP contribution in [0.15, 0.2) is 72.0 Å². The summed E-state index contributed by atoms with van der Waals surface area (Å²) in [5.74, 6) is 1.69. The molecule has 2 N–H and O–H groups in total. The van der Waals surface area contributed by atoms with Crippen LogP contribution in [0.3, 0.4) is 0 Å². The van der Waals surface area contributed by atoms with Gasteiger partial charge in [0, 0.05) is 37.6 Å². The van der Waals surface area contributed by atoms with Crippen LogP contribution in [0.4, 0.5) is 0 Å². The Kier molecular flexibility index (Phi) is 6.28. The molecule has 26 heavy (non-hydrogen) atoms. The van der Waals surface area contributed by atoms with E-state index in [1.165, 1.54) is 5.56 Å². The number of halogens is 1. The van der Waals surface area contributed by atoms with E-state index in [9.17, 15) is 0 Å². The van der Waals surface area contributed by atoms with E-state index in [1.807, 2.05) is 54.9 Å². The predicted octanol–water partition coefficient (Wildman–Crippen LogP) is 3.45. The molecular weight excluding hydrogens is 346 g/mol. The fraction of sp³-hybridized carbons (Fsp3) is 0.200. The van der Waals surface area contributed by atoms with Gasteiger partial charge < -0.3 is 15.2 Å². The Labute approximate surface area is 158 Å². The zero-order valence-corrected chi connectivity index (χ0v) is 15.4. The Hall–Kier alpha value is -2.79. The quantitative estimate of drug-likeness (QED) is 0.518. The molecule has 6 heteroatoms. The van der Waals surface area contributed by atoms with Gasteiger partial charge in [0.1, 0.15) is 5.82 Å². The van der Waals surface area contributed by atoms with Gasteiger partial charge in [-0.1, -0.05) is 54.1 Å². The van der Waals surface area contributed by atoms with E-state index >= 15 is 0 Å². The minimum atomic E-state index is 0.597. The van der Waals surface area contributed by atoms with Crippen LogP contribution in [0.1, 0.15) is 17.0 Å². The van der Waals surface area contributed by atoms with Gasteiger partial charge in [0.15, 0.2) is 5.96 Å². The second kappa shape index (κ2) is 9.06. The fourth-order valence-electron chi connectivity index (χ4n) is 2.60. The fourth-order valence-corrected chi connectivity index (χ4v) is 2.73. The molecule has 0 aliphatic heterocycles. The lowest BCUT2D eigenvalue weighted by Gasteiger charge is -2.13. The van der Waals surface area contributed by atoms with Crippen molar-refractivity contribution >= 4 is 17.6 Å². The molecule has 1 heterocycles. The first kappa shape index (κ1) is 18.0. The molecule has 2 aromatic carbocycles. The maximum Gasteiger partial charge on any atom is 0.191 e. The highest BCUT2D eigenvalue weighted by atomic mass is 35.5. The second-order valence-corrected chi connectivity index (χ2v) is 6.30. The minimum absolute atomic E-state index is 0.597. The average Bonchev–Trinajstić information content (AvgIpc) is 3.11. The molecule has 0 spiro atoms. The summed E-state index contributed by atoms with van der Waals surface area (Å²) in [6.07, 6.45) is 3.82. The van der Waals surface area contributed by atoms with Gasteiger partial charge in [-0.3, -0.25) is 4.99 Å². The van der Waals surface area contributed by atoms with Gasteiger partial charge in [0.2, 0.25) is 0 Å². The van der Waals surface area contributed by atoms with Gasteiger partial charge in [0.05, 0.1) is 6.54 Å². The Morgan fingerprint density at radius 2 is 1.73 bits per heavy atom. The number of nitrogens with one attached hydrogen (secondary N) is 2. The lowest BCUT2D eigenvalue weighted by Crippen LogP contribution is -2.37. The maximum absolute atomic E-state index is 5.92. The summed E-state index contributed by atoms with van der Waals surface area (Å²) in [6, 6.07) is 18.1. The first-order valence-electron chi connectivity index (χ1n) is 8.47. The SMILES string of the molecule is CN=C(NCc1ccc(Cl)cc1)NCc1nccn1Cc1ccccc1. The van der Waals surface area contributed by atoms with E-state index in [4.69, 9.17) is 11.6 Å². The van der Waals surface area contributed by atoms with Gasteiger partial charge in [0.25, 0.3) is 0 Å². The number of rotatable bonds is 6. The number of hydrogen-bond donors (Lipinski definition) is 2. The number of guanidine groups is 1. The highest BCUT2D eigenvalue weighted by Crippen LogP contribution is 2.09. The molecule has 0 amide bonds. The molecule has 0 radical (unpaired) electrons. The number of aromatic nitrogens is 2. The predicted molar refractivity (Wildman–Crippen MR) is 106 cm³/mol. The van der Waals surface area contributed by atoms with Crippen LogP contribution in [0.5, 0.6) is 0 Å². The average molecular weight is 368 g/mol. The van der Waals surface area contributed by atoms with Crippen LogP contribution in [-0.4, -0.2) is 22.6 Å². The maximum atomic E-state index is 5.92. The summed E-state index contributed by atoms with van der Waals surface area (Å²) in [6.45, 7) is 2.07. The number of hydrogen-bond acceptors (Lipinski definition) is 2. The van der Waals surface area contributed by atoms with Crippen molar-refractivity contribution in [3.05, 3.63) is 89.0 Å². The van der Waals surface area contributed by atoms with Crippen molar-refractivity contribution in [3.8, 4) is 0 Å². The number of aliphatic imine (C=N–C) groups is 1. The summed E-state index contributed by atoms with van der Waals surface area (Å²) in [4.78, 5) is 8.71. The van der Waals surface area contributed by atoms with Crippen molar-refractivity contribution < 1.29 is 0 Å². The number of imidazole rings is 1. The van der Waals surface area contributed by atoms with Gasteiger partial charge >= 0.3 is 0 Å². The molecule has 1 aromatic heterocycles. The van der Waals surface area contributed by atoms with Crippen molar-refractivity contribution in [1.29, 1.82) is 0 Å². The highest BCUT2D eigenvalue weighted by molar-refractivity contribution is 6.30. The largest absolute Gasteiger partial charge is 0.352 e. The van der Waals surface area contributed by atoms with Crippen molar-refractivity contribution in [2.45, 2.75) is 19.6 Å². The smallest absolute Gasteiger partial charge is 0.191 e. The lowest BCUT2D eigenvalue weighted by atomic mass is 10.2. The Morgan fingerprint density at radius 3 is 2.46 bits per heavy atom. The van der Waals surface area contributed by atoms with Gasteiger partial charge in [-0.25, -0.2) is 4.98 Å². The van der Waals surface area contributed by atoms with E-state index < -0.39 is 0 Å². The van der Waals surface area contributed by atoms with Gasteiger partial charge in [-0.2, -0.15) is 0 Å². The summed E-state index contributed by atoms with van der Waals surface area (Å²) in [5.41, 5.74) is 2.39. The normalized spacial score (nSPS) is 11.4. The molecule has 0 saturated heterocycles. The summed E-state index contributed by atoms with van der Waals surface area (Å²) >= 11 is 5.92. The van der Waals surface area contributed by atoms with Gasteiger partial charge in [-0.05, 0) is 23.3 Å². The van der Waals surface area contributed by atoms with Crippen LogP contribution >= 0.6 is 11.6 Å². The highest BCUT2D eigenvalue weighted by Gasteiger charge is 2.05. The topological polar surface area (TPSA) is 54.2 Å². The summed E-state index contributed by atoms with van der Waals surface area (Å²) in [5, 5.41) is 7.34. The van der Waals surface area contributed by atoms with Crippen molar-refractivity contribution in [3.63, 3.8) is 0 Å². The van der Waals surface area contributed by atoms with E-state index in [2.05, 4.69) is 37.3 Å². The third kappa shape index (κ3) is 5.10. The molecule has 3 aromatic rings. The monoisotopic (exact) mass is 367 g/mol. The molecule has 0 unspecified atom stereocenters. The molecule has 3 rings (SSSR count). The standard InChI is InChI=1S/C20H22ClN5/c1-22-20(24-13-16-7-9-18(21)10-8-16)25-14-19-23-11-12-26(19)15-17-5-3-2-4-6-17/h2-12H,13-15H2,1H3,(H2,22,24,25). The molecule has 0 fully saturated rings. The van der Waals surface area contributed by atoms with E-state index in [-0.39, 0.29) is 0 Å². The van der Waals surface area contributed by atoms with Crippen LogP contribution < -0.4 is 10.6 Å². The second-order valence-electron chi connectivity index (χ2n) is 5.86. The van der Waals surface area contributed by atoms with Crippen molar-refractivity contribution in [1.82, 2.24) is 20.2 Å². The summed E-state index contributed by atoms with van der Waals surface area (Å²) < 4.78 is 2.13. The van der Waals surface area contributed by atoms with Crippen molar-refractivity contribution in [2.75, 3.05) is 7.05 Å². The molecule has 0 aliphatic carbocycles. The molecular formula is C20H22ClN5. The molecule has 0 atom stereocenters. The Balaban J connectivity index is 1.54. The Morgan fingerprint density at radius 1 is 1.00 bits per heavy atom. The third-order valence-electron chi connectivity index (χ3n) is 4.01. The molecule has 134 valence electrons. The number of benzene rings is 2. The van der Waals surface area contributed by atoms with Crippen LogP contribution in [-0.2, 0) is 19.6 Å². The first-order valence-corrected chi connectivity index (χ1v) is 8.85. The zero-order valence-electron chi connectivity index (χ0n) is 14.7. The molecule has 5 nitrogen and oxygen atoms in total. The molecule has 0 bridgehead atoms. The first-order chi connectivity index (χ1) is 12.7. The zero-order chi connectivity index (χ0) is 18.2.